The van der Waals surface area contributed by atoms with Crippen LogP contribution in [0.4, 0.5) is 0 Å². The zero-order valence-corrected chi connectivity index (χ0v) is 5.21. The van der Waals surface area contributed by atoms with Gasteiger partial charge in [-0.1, -0.05) is 0 Å². The van der Waals surface area contributed by atoms with Crippen LogP contribution in [0.1, 0.15) is 0 Å². The smallest absolute Gasteiger partial charge is 0.183 e. The highest BCUT2D eigenvalue weighted by atomic mass is 16.7. The van der Waals surface area contributed by atoms with Gasteiger partial charge < -0.3 is 25.2 Å². The van der Waals surface area contributed by atoms with Crippen molar-refractivity contribution in [2.24, 2.45) is 0 Å². The average molecular weight is 154 g/mol. The SMILES string of the molecule is OC1O[13CH2][13C@@H](O)[13C@@H](O)[13C@@H]1O. The van der Waals surface area contributed by atoms with E-state index in [1.54, 1.807) is 0 Å². The second-order valence-corrected chi connectivity index (χ2v) is 2.27. The Labute approximate surface area is 57.5 Å². The predicted molar refractivity (Wildman–Crippen MR) is 30.0 cm³/mol. The highest BCUT2D eigenvalue weighted by Gasteiger charge is 2.36. The first kappa shape index (κ1) is 7.90. The van der Waals surface area contributed by atoms with Crippen molar-refractivity contribution in [1.29, 1.82) is 0 Å². The van der Waals surface area contributed by atoms with Crippen molar-refractivity contribution in [3.63, 3.8) is 0 Å². The molecule has 0 aromatic rings. The Morgan fingerprint density at radius 1 is 1.00 bits per heavy atom. The van der Waals surface area contributed by atoms with E-state index in [4.69, 9.17) is 20.4 Å². The second kappa shape index (κ2) is 2.81. The maximum absolute atomic E-state index is 8.88. The summed E-state index contributed by atoms with van der Waals surface area (Å²) in [6.07, 6.45) is -5.23. The Kier molecular flexibility index (Phi) is 2.22. The standard InChI is InChI=1S/C5H10O5/c6-2-1-10-5(9)4(8)3(2)7/h2-9H,1H2/t2-,3-,4+,5?/m1/s1/i1+1,2+1,3+1,4+1. The van der Waals surface area contributed by atoms with Gasteiger partial charge in [-0.15, -0.1) is 0 Å². The molecule has 0 aliphatic carbocycles. The molecule has 0 bridgehead atoms. The van der Waals surface area contributed by atoms with E-state index in [1.807, 2.05) is 0 Å². The maximum Gasteiger partial charge on any atom is 0.183 e. The first-order chi connectivity index (χ1) is 4.63. The molecule has 1 fully saturated rings. The molecule has 4 N–H and O–H groups in total. The number of rotatable bonds is 0. The number of hydrogen-bond donors (Lipinski definition) is 4. The molecular weight excluding hydrogens is 144 g/mol. The summed E-state index contributed by atoms with van der Waals surface area (Å²) in [5.74, 6) is 0. The van der Waals surface area contributed by atoms with E-state index in [0.717, 1.165) is 0 Å². The minimum absolute atomic E-state index is 0.153. The summed E-state index contributed by atoms with van der Waals surface area (Å²) in [4.78, 5) is 0. The van der Waals surface area contributed by atoms with Crippen LogP contribution >= 0.6 is 0 Å². The predicted octanol–water partition coefficient (Wildman–Crippen LogP) is -2.58. The van der Waals surface area contributed by atoms with Crippen molar-refractivity contribution in [2.75, 3.05) is 6.61 Å². The van der Waals surface area contributed by atoms with Gasteiger partial charge in [-0.05, 0) is 0 Å². The lowest BCUT2D eigenvalue weighted by molar-refractivity contribution is -0.252. The van der Waals surface area contributed by atoms with E-state index < -0.39 is 24.6 Å². The van der Waals surface area contributed by atoms with Crippen molar-refractivity contribution in [1.82, 2.24) is 0 Å². The van der Waals surface area contributed by atoms with Crippen molar-refractivity contribution >= 4 is 0 Å². The van der Waals surface area contributed by atoms with Gasteiger partial charge in [0.25, 0.3) is 0 Å². The van der Waals surface area contributed by atoms with E-state index >= 15 is 0 Å². The van der Waals surface area contributed by atoms with Crippen LogP contribution in [0.25, 0.3) is 0 Å². The molecule has 60 valence electrons. The normalized spacial score (nSPS) is 49.2. The molecule has 5 heteroatoms. The average Bonchev–Trinajstić information content (AvgIpc) is 1.93. The van der Waals surface area contributed by atoms with E-state index in [-0.39, 0.29) is 6.61 Å². The molecule has 1 heterocycles. The molecule has 4 atom stereocenters. The number of aliphatic hydroxyl groups excluding tert-OH is 4. The quantitative estimate of drug-likeness (QED) is 0.288. The third-order valence-electron chi connectivity index (χ3n) is 1.47. The van der Waals surface area contributed by atoms with E-state index in [2.05, 4.69) is 4.74 Å². The van der Waals surface area contributed by atoms with Crippen molar-refractivity contribution in [3.05, 3.63) is 0 Å². The zero-order chi connectivity index (χ0) is 7.72. The van der Waals surface area contributed by atoms with Gasteiger partial charge in [-0.25, -0.2) is 0 Å². The number of ether oxygens (including phenoxy) is 1. The van der Waals surface area contributed by atoms with Gasteiger partial charge in [0.2, 0.25) is 0 Å². The van der Waals surface area contributed by atoms with Crippen molar-refractivity contribution in [2.45, 2.75) is 24.6 Å². The van der Waals surface area contributed by atoms with Crippen molar-refractivity contribution < 1.29 is 25.2 Å². The lowest BCUT2D eigenvalue weighted by atomic mass is 10.8. The molecule has 1 saturated heterocycles. The van der Waals surface area contributed by atoms with Gasteiger partial charge >= 0.3 is 0 Å². The minimum Gasteiger partial charge on any atom is -0.388 e. The number of hydrogen-bond acceptors (Lipinski definition) is 5. The lowest BCUT2D eigenvalue weighted by Gasteiger charge is -2.31. The highest BCUT2D eigenvalue weighted by Crippen LogP contribution is 2.12. The molecule has 0 aromatic carbocycles. The fourth-order valence-electron chi connectivity index (χ4n) is 0.791. The summed E-state index contributed by atoms with van der Waals surface area (Å²) in [6.45, 7) is -0.153. The third-order valence-corrected chi connectivity index (χ3v) is 1.47. The Morgan fingerprint density at radius 3 is 2.10 bits per heavy atom. The Bertz CT molecular complexity index is 103. The fourth-order valence-corrected chi connectivity index (χ4v) is 0.791. The molecule has 1 unspecified atom stereocenters. The first-order valence-corrected chi connectivity index (χ1v) is 2.97. The zero-order valence-electron chi connectivity index (χ0n) is 5.21. The van der Waals surface area contributed by atoms with Crippen molar-refractivity contribution in [3.8, 4) is 0 Å². The first-order valence-electron chi connectivity index (χ1n) is 2.97. The van der Waals surface area contributed by atoms with Crippen LogP contribution < -0.4 is 0 Å². The Morgan fingerprint density at radius 2 is 1.60 bits per heavy atom. The molecule has 0 amide bonds. The summed E-state index contributed by atoms with van der Waals surface area (Å²) < 4.78 is 4.47. The van der Waals surface area contributed by atoms with Crippen LogP contribution in [0.2, 0.25) is 0 Å². The molecule has 10 heavy (non-hydrogen) atoms. The third kappa shape index (κ3) is 1.28. The van der Waals surface area contributed by atoms with Crippen LogP contribution in [0, 0.1) is 0 Å². The summed E-state index contributed by atoms with van der Waals surface area (Å²) in [6, 6.07) is 0. The monoisotopic (exact) mass is 154 g/mol. The van der Waals surface area contributed by atoms with Gasteiger partial charge in [-0.3, -0.25) is 0 Å². The summed E-state index contributed by atoms with van der Waals surface area (Å²) in [5.41, 5.74) is 0. The van der Waals surface area contributed by atoms with Crippen LogP contribution in [0.3, 0.4) is 0 Å². The molecule has 0 spiro atoms. The fraction of sp³-hybridized carbons (Fsp3) is 1.00. The molecule has 5 nitrogen and oxygen atoms in total. The van der Waals surface area contributed by atoms with Crippen LogP contribution in [0.5, 0.6) is 0 Å². The number of aliphatic hydroxyl groups is 4. The summed E-state index contributed by atoms with van der Waals surface area (Å²) >= 11 is 0. The molecule has 0 radical (unpaired) electrons. The molecule has 0 saturated carbocycles. The van der Waals surface area contributed by atoms with Gasteiger partial charge in [0, 0.05) is 0 Å². The Hall–Kier alpha value is -0.200. The highest BCUT2D eigenvalue weighted by molar-refractivity contribution is 4.81. The second-order valence-electron chi connectivity index (χ2n) is 2.27. The summed E-state index contributed by atoms with van der Waals surface area (Å²) in [5, 5.41) is 35.3. The largest absolute Gasteiger partial charge is 0.388 e. The Balaban J connectivity index is 2.52. The molecule has 1 aliphatic rings. The topological polar surface area (TPSA) is 90.2 Å². The minimum atomic E-state index is -1.41. The van der Waals surface area contributed by atoms with E-state index in [0.29, 0.717) is 0 Å². The molecule has 0 aromatic heterocycles. The maximum atomic E-state index is 8.88. The van der Waals surface area contributed by atoms with E-state index in [9.17, 15) is 0 Å². The van der Waals surface area contributed by atoms with Crippen LogP contribution in [0.15, 0.2) is 0 Å². The van der Waals surface area contributed by atoms with Gasteiger partial charge in [0.05, 0.1) is 6.61 Å². The van der Waals surface area contributed by atoms with Gasteiger partial charge in [0.15, 0.2) is 6.29 Å². The van der Waals surface area contributed by atoms with Gasteiger partial charge in [0.1, 0.15) is 18.3 Å². The molecular formula is C5H10O5. The summed E-state index contributed by atoms with van der Waals surface area (Å²) in [7, 11) is 0. The van der Waals surface area contributed by atoms with Gasteiger partial charge in [-0.2, -0.15) is 0 Å². The van der Waals surface area contributed by atoms with Crippen LogP contribution in [-0.2, 0) is 4.74 Å². The molecule has 1 aliphatic heterocycles. The van der Waals surface area contributed by atoms with E-state index in [1.165, 1.54) is 0 Å². The molecule has 1 rings (SSSR count). The lowest BCUT2D eigenvalue weighted by Crippen LogP contribution is -2.52. The van der Waals surface area contributed by atoms with Crippen LogP contribution in [-0.4, -0.2) is 51.6 Å².